The van der Waals surface area contributed by atoms with Crippen LogP contribution in [0.1, 0.15) is 54.7 Å². The molecule has 0 spiro atoms. The first kappa shape index (κ1) is 25.2. The Hall–Kier alpha value is -3.45. The molecule has 0 radical (unpaired) electrons. The fourth-order valence-electron chi connectivity index (χ4n) is 3.23. The molecule has 178 valence electrons. The highest BCUT2D eigenvalue weighted by atomic mass is 32.1. The molecule has 3 rings (SSSR count). The molecule has 0 atom stereocenters. The highest BCUT2D eigenvalue weighted by molar-refractivity contribution is 7.15. The normalized spacial score (nSPS) is 11.4. The molecule has 0 saturated carbocycles. The second kappa shape index (κ2) is 11.1. The van der Waals surface area contributed by atoms with Crippen LogP contribution in [0.2, 0.25) is 0 Å². The van der Waals surface area contributed by atoms with E-state index >= 15 is 0 Å². The van der Waals surface area contributed by atoms with Crippen LogP contribution in [0.4, 0.5) is 5.00 Å². The SMILES string of the molecule is CCOC(=O)c1c(-c2ccc(C)cc2)csc1NC(=O)CO/N=C/c1ccc(C(C)(C)C)cc1. The number of anilines is 1. The van der Waals surface area contributed by atoms with Gasteiger partial charge < -0.3 is 14.9 Å². The second-order valence-corrected chi connectivity index (χ2v) is 9.75. The number of oxime groups is 1. The molecule has 7 heteroatoms. The minimum Gasteiger partial charge on any atom is -0.462 e. The van der Waals surface area contributed by atoms with Crippen LogP contribution in [0, 0.1) is 6.92 Å². The monoisotopic (exact) mass is 478 g/mol. The van der Waals surface area contributed by atoms with Crippen LogP contribution in [-0.4, -0.2) is 31.3 Å². The minimum absolute atomic E-state index is 0.0772. The molecule has 34 heavy (non-hydrogen) atoms. The van der Waals surface area contributed by atoms with Gasteiger partial charge >= 0.3 is 5.97 Å². The first-order valence-corrected chi connectivity index (χ1v) is 12.0. The lowest BCUT2D eigenvalue weighted by Crippen LogP contribution is -2.18. The zero-order chi connectivity index (χ0) is 24.7. The number of thiophene rings is 1. The molecule has 0 aliphatic heterocycles. The van der Waals surface area contributed by atoms with Gasteiger partial charge in [-0.05, 0) is 36.0 Å². The molecule has 1 N–H and O–H groups in total. The van der Waals surface area contributed by atoms with Crippen LogP contribution in [0.15, 0.2) is 59.1 Å². The van der Waals surface area contributed by atoms with E-state index in [1.54, 1.807) is 13.1 Å². The lowest BCUT2D eigenvalue weighted by atomic mass is 9.87. The van der Waals surface area contributed by atoms with Crippen LogP contribution in [0.5, 0.6) is 0 Å². The van der Waals surface area contributed by atoms with Gasteiger partial charge in [0.1, 0.15) is 10.6 Å². The molecule has 3 aromatic rings. The van der Waals surface area contributed by atoms with Crippen LogP contribution in [0.25, 0.3) is 11.1 Å². The van der Waals surface area contributed by atoms with Gasteiger partial charge in [0.2, 0.25) is 0 Å². The van der Waals surface area contributed by atoms with E-state index in [4.69, 9.17) is 9.57 Å². The van der Waals surface area contributed by atoms with Crippen molar-refractivity contribution < 1.29 is 19.2 Å². The number of carbonyl (C=O) groups is 2. The van der Waals surface area contributed by atoms with Crippen LogP contribution < -0.4 is 5.32 Å². The third kappa shape index (κ3) is 6.54. The number of rotatable bonds is 8. The molecule has 0 unspecified atom stereocenters. The maximum Gasteiger partial charge on any atom is 0.341 e. The van der Waals surface area contributed by atoms with Gasteiger partial charge in [-0.15, -0.1) is 11.3 Å². The van der Waals surface area contributed by atoms with Gasteiger partial charge in [0.05, 0.1) is 12.8 Å². The number of esters is 1. The minimum atomic E-state index is -0.479. The zero-order valence-corrected chi connectivity index (χ0v) is 21.0. The Balaban J connectivity index is 1.65. The van der Waals surface area contributed by atoms with Crippen molar-refractivity contribution >= 4 is 34.4 Å². The van der Waals surface area contributed by atoms with E-state index in [9.17, 15) is 9.59 Å². The van der Waals surface area contributed by atoms with Crippen molar-refractivity contribution in [3.8, 4) is 11.1 Å². The fourth-order valence-corrected chi connectivity index (χ4v) is 4.20. The van der Waals surface area contributed by atoms with Gasteiger partial charge in [-0.2, -0.15) is 0 Å². The summed E-state index contributed by atoms with van der Waals surface area (Å²) in [6.07, 6.45) is 1.56. The molecule has 1 aromatic heterocycles. The Morgan fingerprint density at radius 3 is 2.35 bits per heavy atom. The van der Waals surface area contributed by atoms with E-state index in [1.165, 1.54) is 16.9 Å². The Morgan fingerprint density at radius 1 is 1.06 bits per heavy atom. The van der Waals surface area contributed by atoms with Gasteiger partial charge in [0, 0.05) is 10.9 Å². The average molecular weight is 479 g/mol. The van der Waals surface area contributed by atoms with E-state index in [2.05, 4.69) is 31.2 Å². The highest BCUT2D eigenvalue weighted by Crippen LogP contribution is 2.36. The number of benzene rings is 2. The molecule has 1 amide bonds. The summed E-state index contributed by atoms with van der Waals surface area (Å²) in [6.45, 7) is 10.2. The first-order chi connectivity index (χ1) is 16.2. The van der Waals surface area contributed by atoms with Crippen molar-refractivity contribution in [2.45, 2.75) is 40.0 Å². The number of hydrogen-bond donors (Lipinski definition) is 1. The summed E-state index contributed by atoms with van der Waals surface area (Å²) in [7, 11) is 0. The number of amides is 1. The fraction of sp³-hybridized carbons (Fsp3) is 0.296. The lowest BCUT2D eigenvalue weighted by Gasteiger charge is -2.18. The van der Waals surface area contributed by atoms with Gasteiger partial charge in [-0.25, -0.2) is 4.79 Å². The van der Waals surface area contributed by atoms with E-state index in [1.807, 2.05) is 60.8 Å². The Labute approximate surface area is 204 Å². The average Bonchev–Trinajstić information content (AvgIpc) is 3.20. The molecule has 2 aromatic carbocycles. The third-order valence-electron chi connectivity index (χ3n) is 5.13. The van der Waals surface area contributed by atoms with Crippen molar-refractivity contribution in [1.29, 1.82) is 0 Å². The van der Waals surface area contributed by atoms with Crippen LogP contribution in [0.3, 0.4) is 0 Å². The van der Waals surface area contributed by atoms with Crippen molar-refractivity contribution in [2.24, 2.45) is 5.16 Å². The Bertz CT molecular complexity index is 1160. The number of hydrogen-bond acceptors (Lipinski definition) is 6. The zero-order valence-electron chi connectivity index (χ0n) is 20.2. The number of carbonyl (C=O) groups excluding carboxylic acids is 2. The molecular formula is C27H30N2O4S. The first-order valence-electron chi connectivity index (χ1n) is 11.1. The van der Waals surface area contributed by atoms with E-state index in [-0.39, 0.29) is 18.6 Å². The molecule has 0 aliphatic rings. The van der Waals surface area contributed by atoms with Crippen molar-refractivity contribution in [3.63, 3.8) is 0 Å². The van der Waals surface area contributed by atoms with E-state index < -0.39 is 11.9 Å². The molecule has 1 heterocycles. The highest BCUT2D eigenvalue weighted by Gasteiger charge is 2.23. The quantitative estimate of drug-likeness (QED) is 0.238. The standard InChI is InChI=1S/C27H30N2O4S/c1-6-32-26(31)24-22(20-11-7-18(2)8-12-20)17-34-25(24)29-23(30)16-33-28-15-19-9-13-21(14-10-19)27(3,4)5/h7-15,17H,6,16H2,1-5H3,(H,29,30)/b28-15+. The van der Waals surface area contributed by atoms with Gasteiger partial charge in [-0.1, -0.05) is 80.0 Å². The van der Waals surface area contributed by atoms with Crippen molar-refractivity contribution in [1.82, 2.24) is 0 Å². The summed E-state index contributed by atoms with van der Waals surface area (Å²) < 4.78 is 5.23. The van der Waals surface area contributed by atoms with E-state index in [0.29, 0.717) is 10.6 Å². The maximum absolute atomic E-state index is 12.7. The summed E-state index contributed by atoms with van der Waals surface area (Å²) in [5.41, 5.74) is 5.23. The predicted octanol–water partition coefficient (Wildman–Crippen LogP) is 6.19. The van der Waals surface area contributed by atoms with Gasteiger partial charge in [0.25, 0.3) is 5.91 Å². The maximum atomic E-state index is 12.7. The third-order valence-corrected chi connectivity index (χ3v) is 6.03. The molecule has 0 fully saturated rings. The Morgan fingerprint density at radius 2 is 1.74 bits per heavy atom. The number of ether oxygens (including phenoxy) is 1. The number of nitrogens with zero attached hydrogens (tertiary/aromatic N) is 1. The summed E-state index contributed by atoms with van der Waals surface area (Å²) in [4.78, 5) is 30.3. The number of aryl methyl sites for hydroxylation is 1. The summed E-state index contributed by atoms with van der Waals surface area (Å²) in [5.74, 6) is -0.893. The summed E-state index contributed by atoms with van der Waals surface area (Å²) >= 11 is 1.27. The van der Waals surface area contributed by atoms with Gasteiger partial charge in [0.15, 0.2) is 6.61 Å². The summed E-state index contributed by atoms with van der Waals surface area (Å²) in [5, 5.41) is 8.90. The molecular weight excluding hydrogens is 448 g/mol. The van der Waals surface area contributed by atoms with Crippen LogP contribution >= 0.6 is 11.3 Å². The number of nitrogens with one attached hydrogen (secondary N) is 1. The summed E-state index contributed by atoms with van der Waals surface area (Å²) in [6, 6.07) is 15.8. The van der Waals surface area contributed by atoms with E-state index in [0.717, 1.165) is 22.3 Å². The lowest BCUT2D eigenvalue weighted by molar-refractivity contribution is -0.120. The van der Waals surface area contributed by atoms with Crippen LogP contribution in [-0.2, 0) is 19.8 Å². The van der Waals surface area contributed by atoms with Gasteiger partial charge in [-0.3, -0.25) is 4.79 Å². The molecule has 0 bridgehead atoms. The largest absolute Gasteiger partial charge is 0.462 e. The predicted molar refractivity (Wildman–Crippen MR) is 138 cm³/mol. The smallest absolute Gasteiger partial charge is 0.341 e. The molecule has 0 saturated heterocycles. The molecule has 0 aliphatic carbocycles. The van der Waals surface area contributed by atoms with Crippen molar-refractivity contribution in [3.05, 3.63) is 76.2 Å². The topological polar surface area (TPSA) is 77.0 Å². The van der Waals surface area contributed by atoms with Crippen molar-refractivity contribution in [2.75, 3.05) is 18.5 Å². The second-order valence-electron chi connectivity index (χ2n) is 8.87. The molecule has 6 nitrogen and oxygen atoms in total. The Kier molecular flexibility index (Phi) is 8.23.